The summed E-state index contributed by atoms with van der Waals surface area (Å²) in [7, 11) is 1.46. The number of rotatable bonds is 4. The minimum atomic E-state index is -1.09. The summed E-state index contributed by atoms with van der Waals surface area (Å²) >= 11 is 0. The van der Waals surface area contributed by atoms with Crippen molar-refractivity contribution in [2.45, 2.75) is 26.4 Å². The summed E-state index contributed by atoms with van der Waals surface area (Å²) in [5.41, 5.74) is -0.949. The van der Waals surface area contributed by atoms with Crippen molar-refractivity contribution in [3.8, 4) is 11.4 Å². The fourth-order valence-electron chi connectivity index (χ4n) is 1.65. The van der Waals surface area contributed by atoms with E-state index in [2.05, 4.69) is 10.4 Å². The Balaban J connectivity index is 2.51. The lowest BCUT2D eigenvalue weighted by atomic mass is 10.1. The second kappa shape index (κ2) is 5.28. The van der Waals surface area contributed by atoms with Crippen molar-refractivity contribution in [1.29, 1.82) is 0 Å². The molecule has 8 heteroatoms. The van der Waals surface area contributed by atoms with E-state index in [0.717, 1.165) is 15.4 Å². The molecule has 0 bridgehead atoms. The molecule has 0 aliphatic carbocycles. The summed E-state index contributed by atoms with van der Waals surface area (Å²) in [4.78, 5) is 11.9. The van der Waals surface area contributed by atoms with Crippen LogP contribution >= 0.6 is 0 Å². The third kappa shape index (κ3) is 3.27. The Morgan fingerprint density at radius 3 is 2.57 bits per heavy atom. The zero-order chi connectivity index (χ0) is 15.8. The van der Waals surface area contributed by atoms with Gasteiger partial charge in [0.2, 0.25) is 0 Å². The number of hydrogen-bond acceptors (Lipinski definition) is 5. The van der Waals surface area contributed by atoms with E-state index in [0.29, 0.717) is 5.56 Å². The number of hydrogen-bond donors (Lipinski definition) is 1. The van der Waals surface area contributed by atoms with Gasteiger partial charge in [0.1, 0.15) is 23.9 Å². The monoisotopic (exact) mass is 296 g/mol. The van der Waals surface area contributed by atoms with Gasteiger partial charge in [0, 0.05) is 13.1 Å². The third-order valence-corrected chi connectivity index (χ3v) is 2.77. The molecule has 0 saturated carbocycles. The topological polar surface area (TPSA) is 82.2 Å². The highest BCUT2D eigenvalue weighted by atomic mass is 19.1. The molecule has 21 heavy (non-hydrogen) atoms. The van der Waals surface area contributed by atoms with Gasteiger partial charge in [-0.1, -0.05) is 0 Å². The van der Waals surface area contributed by atoms with E-state index < -0.39 is 17.1 Å². The van der Waals surface area contributed by atoms with E-state index in [1.165, 1.54) is 13.1 Å². The first-order valence-corrected chi connectivity index (χ1v) is 6.34. The van der Waals surface area contributed by atoms with Crippen molar-refractivity contribution < 1.29 is 14.2 Å². The first-order valence-electron chi connectivity index (χ1n) is 6.34. The van der Waals surface area contributed by atoms with Crippen LogP contribution in [0.5, 0.6) is 5.75 Å². The maximum absolute atomic E-state index is 13.7. The van der Waals surface area contributed by atoms with E-state index in [9.17, 15) is 14.3 Å². The lowest BCUT2D eigenvalue weighted by molar-refractivity contribution is 0.0283. The smallest absolute Gasteiger partial charge is 0.368 e. The first kappa shape index (κ1) is 15.2. The van der Waals surface area contributed by atoms with Crippen LogP contribution < -0.4 is 10.4 Å². The van der Waals surface area contributed by atoms with Gasteiger partial charge in [0.15, 0.2) is 0 Å². The minimum absolute atomic E-state index is 0.0580. The SMILES string of the molecule is Cc1cc(-n2nnn(C)c2=O)c(OCC(C)(C)O)cc1F. The standard InChI is InChI=1S/C13H17FN4O3/c1-8-5-10(18-12(19)17(4)15-16-18)11(6-9(8)14)21-7-13(2,3)20/h5-6,20H,7H2,1-4H3. The van der Waals surface area contributed by atoms with Gasteiger partial charge < -0.3 is 9.84 Å². The fraction of sp³-hybridized carbons (Fsp3) is 0.462. The Morgan fingerprint density at radius 2 is 2.05 bits per heavy atom. The third-order valence-electron chi connectivity index (χ3n) is 2.77. The van der Waals surface area contributed by atoms with Gasteiger partial charge in [-0.2, -0.15) is 9.36 Å². The number of tetrazole rings is 1. The van der Waals surface area contributed by atoms with Crippen molar-refractivity contribution in [2.75, 3.05) is 6.61 Å². The second-order valence-corrected chi connectivity index (χ2v) is 5.47. The summed E-state index contributed by atoms with van der Waals surface area (Å²) in [5, 5.41) is 17.0. The molecule has 7 nitrogen and oxygen atoms in total. The highest BCUT2D eigenvalue weighted by molar-refractivity contribution is 5.48. The average molecular weight is 296 g/mol. The van der Waals surface area contributed by atoms with Crippen molar-refractivity contribution in [2.24, 2.45) is 7.05 Å². The number of aryl methyl sites for hydroxylation is 2. The summed E-state index contributed by atoms with van der Waals surface area (Å²) in [6.07, 6.45) is 0. The van der Waals surface area contributed by atoms with Gasteiger partial charge in [-0.15, -0.1) is 0 Å². The molecule has 1 aromatic heterocycles. The van der Waals surface area contributed by atoms with Crippen molar-refractivity contribution >= 4 is 0 Å². The molecule has 0 fully saturated rings. The predicted octanol–water partition coefficient (Wildman–Crippen LogP) is 0.563. The second-order valence-electron chi connectivity index (χ2n) is 5.47. The summed E-state index contributed by atoms with van der Waals surface area (Å²) in [5.74, 6) is -0.357. The number of benzene rings is 1. The molecule has 1 aromatic carbocycles. The largest absolute Gasteiger partial charge is 0.488 e. The van der Waals surface area contributed by atoms with Crippen LogP contribution in [0.3, 0.4) is 0 Å². The van der Waals surface area contributed by atoms with Crippen LogP contribution in [0.4, 0.5) is 4.39 Å². The molecule has 2 aromatic rings. The highest BCUT2D eigenvalue weighted by Gasteiger charge is 2.19. The van der Waals surface area contributed by atoms with E-state index in [-0.39, 0.29) is 18.0 Å². The number of halogens is 1. The van der Waals surface area contributed by atoms with Crippen LogP contribution in [0.2, 0.25) is 0 Å². The number of ether oxygens (including phenoxy) is 1. The van der Waals surface area contributed by atoms with Gasteiger partial charge in [-0.25, -0.2) is 9.18 Å². The Hall–Kier alpha value is -2.22. The van der Waals surface area contributed by atoms with Crippen LogP contribution in [0.25, 0.3) is 5.69 Å². The van der Waals surface area contributed by atoms with E-state index in [1.54, 1.807) is 20.8 Å². The Kier molecular flexibility index (Phi) is 3.82. The van der Waals surface area contributed by atoms with Crippen LogP contribution in [0.1, 0.15) is 19.4 Å². The molecule has 0 amide bonds. The molecule has 1 N–H and O–H groups in total. The molecule has 114 valence electrons. The van der Waals surface area contributed by atoms with Crippen LogP contribution in [0.15, 0.2) is 16.9 Å². The average Bonchev–Trinajstić information content (AvgIpc) is 2.70. The van der Waals surface area contributed by atoms with Gasteiger partial charge in [0.25, 0.3) is 0 Å². The quantitative estimate of drug-likeness (QED) is 0.891. The van der Waals surface area contributed by atoms with Crippen molar-refractivity contribution in [3.63, 3.8) is 0 Å². The molecule has 2 rings (SSSR count). The lowest BCUT2D eigenvalue weighted by Gasteiger charge is -2.19. The molecule has 0 aliphatic rings. The molecular weight excluding hydrogens is 279 g/mol. The molecule has 0 saturated heterocycles. The van der Waals surface area contributed by atoms with Gasteiger partial charge in [0.05, 0.1) is 5.60 Å². The van der Waals surface area contributed by atoms with Crippen molar-refractivity contribution in [1.82, 2.24) is 19.8 Å². The summed E-state index contributed by atoms with van der Waals surface area (Å²) in [6.45, 7) is 4.63. The van der Waals surface area contributed by atoms with Crippen LogP contribution in [-0.4, -0.2) is 37.1 Å². The summed E-state index contributed by atoms with van der Waals surface area (Å²) in [6, 6.07) is 2.61. The molecule has 0 aliphatic heterocycles. The molecule has 0 atom stereocenters. The molecule has 0 radical (unpaired) electrons. The highest BCUT2D eigenvalue weighted by Crippen LogP contribution is 2.25. The predicted molar refractivity (Wildman–Crippen MR) is 73.1 cm³/mol. The number of aromatic nitrogens is 4. The van der Waals surface area contributed by atoms with Crippen LogP contribution in [-0.2, 0) is 7.05 Å². The normalized spacial score (nSPS) is 11.7. The number of aliphatic hydroxyl groups is 1. The van der Waals surface area contributed by atoms with Crippen molar-refractivity contribution in [3.05, 3.63) is 34.0 Å². The lowest BCUT2D eigenvalue weighted by Crippen LogP contribution is -2.29. The minimum Gasteiger partial charge on any atom is -0.488 e. The Bertz CT molecular complexity index is 715. The first-order chi connectivity index (χ1) is 9.69. The molecular formula is C13H17FN4O3. The zero-order valence-corrected chi connectivity index (χ0v) is 12.3. The molecule has 1 heterocycles. The fourth-order valence-corrected chi connectivity index (χ4v) is 1.65. The van der Waals surface area contributed by atoms with Gasteiger partial charge in [-0.05, 0) is 42.8 Å². The van der Waals surface area contributed by atoms with Crippen LogP contribution in [0, 0.1) is 12.7 Å². The van der Waals surface area contributed by atoms with Gasteiger partial charge in [-0.3, -0.25) is 0 Å². The summed E-state index contributed by atoms with van der Waals surface area (Å²) < 4.78 is 21.2. The Morgan fingerprint density at radius 1 is 1.38 bits per heavy atom. The zero-order valence-electron chi connectivity index (χ0n) is 12.3. The van der Waals surface area contributed by atoms with Gasteiger partial charge >= 0.3 is 5.69 Å². The number of nitrogens with zero attached hydrogens (tertiary/aromatic N) is 4. The van der Waals surface area contributed by atoms with E-state index >= 15 is 0 Å². The molecule has 0 unspecified atom stereocenters. The maximum Gasteiger partial charge on any atom is 0.368 e. The molecule has 0 spiro atoms. The Labute approximate surface area is 120 Å². The maximum atomic E-state index is 13.7. The van der Waals surface area contributed by atoms with E-state index in [4.69, 9.17) is 4.74 Å². The van der Waals surface area contributed by atoms with E-state index in [1.807, 2.05) is 0 Å².